The summed E-state index contributed by atoms with van der Waals surface area (Å²) in [6, 6.07) is 126. The van der Waals surface area contributed by atoms with E-state index >= 15 is 0 Å². The van der Waals surface area contributed by atoms with Gasteiger partial charge in [-0.15, -0.1) is 0 Å². The highest BCUT2D eigenvalue weighted by Crippen LogP contribution is 2.68. The monoisotopic (exact) mass is 1210 g/mol. The third kappa shape index (κ3) is 6.78. The number of anilines is 6. The molecule has 0 saturated heterocycles. The van der Waals surface area contributed by atoms with E-state index in [0.29, 0.717) is 0 Å². The molecule has 444 valence electrons. The van der Waals surface area contributed by atoms with E-state index in [4.69, 9.17) is 0 Å². The molecule has 1 fully saturated rings. The minimum Gasteiger partial charge on any atom is -0.310 e. The maximum atomic E-state index is 2.60. The van der Waals surface area contributed by atoms with Crippen molar-refractivity contribution in [2.75, 3.05) is 9.80 Å². The first-order valence-corrected chi connectivity index (χ1v) is 34.0. The third-order valence-corrected chi connectivity index (χ3v) is 23.0. The van der Waals surface area contributed by atoms with Crippen LogP contribution < -0.4 is 9.80 Å². The topological polar surface area (TPSA) is 6.48 Å². The molecule has 0 bridgehead atoms. The second kappa shape index (κ2) is 19.7. The van der Waals surface area contributed by atoms with Gasteiger partial charge in [-0.1, -0.05) is 286 Å². The first-order valence-electron chi connectivity index (χ1n) is 34.0. The average molecular weight is 1210 g/mol. The summed E-state index contributed by atoms with van der Waals surface area (Å²) in [5, 5.41) is 5.01. The zero-order valence-corrected chi connectivity index (χ0v) is 52.4. The summed E-state index contributed by atoms with van der Waals surface area (Å²) in [4.78, 5) is 4.96. The molecule has 0 atom stereocenters. The minimum atomic E-state index is -0.606. The number of rotatable bonds is 5. The van der Waals surface area contributed by atoms with E-state index in [-0.39, 0.29) is 5.41 Å². The highest BCUT2D eigenvalue weighted by atomic mass is 15.2. The fraction of sp³-hybridized carbons (Fsp3) is 0.0753. The van der Waals surface area contributed by atoms with Crippen LogP contribution in [0.2, 0.25) is 0 Å². The number of hydrogen-bond donors (Lipinski definition) is 0. The van der Waals surface area contributed by atoms with E-state index in [2.05, 4.69) is 337 Å². The first-order chi connectivity index (χ1) is 47.2. The third-order valence-electron chi connectivity index (χ3n) is 23.0. The zero-order valence-electron chi connectivity index (χ0n) is 52.4. The average Bonchev–Trinajstić information content (AvgIpc) is 1.58. The summed E-state index contributed by atoms with van der Waals surface area (Å²) in [7, 11) is 0. The predicted octanol–water partition coefficient (Wildman–Crippen LogP) is 24.1. The highest BCUT2D eigenvalue weighted by Gasteiger charge is 2.54. The molecule has 0 N–H and O–H groups in total. The van der Waals surface area contributed by atoms with Gasteiger partial charge in [0.1, 0.15) is 0 Å². The lowest BCUT2D eigenvalue weighted by atomic mass is 9.64. The molecule has 4 aliphatic carbocycles. The van der Waals surface area contributed by atoms with Crippen LogP contribution in [-0.2, 0) is 16.2 Å². The molecule has 2 nitrogen and oxygen atoms in total. The van der Waals surface area contributed by atoms with Gasteiger partial charge >= 0.3 is 0 Å². The standard InChI is InChI=1S/C93H62N2/c1-3-28-59(29-4-1)94-83-52-17-13-45-76(83)92(77-46-14-18-53-84(77)94)74-43-11-8-33-68(74)88-63(39-25-50-81(88)92)61-35-23-37-65-71(61)58-72-62(36-24-38-66(72)87(65)70-41-27-49-80-90(70)67-32-7-10-42-73(67)91(80)56-21-22-57-91)64-40-26-51-82-89(64)69-34-9-12-44-75(69)93(82)78-47-15-19-54-85(78)95(60-30-5-2-6-31-60)86-55-20-16-48-79(86)93/h1-20,23-55,58H,21-22,56-57H2. The van der Waals surface area contributed by atoms with Crippen molar-refractivity contribution >= 4 is 55.7 Å². The molecule has 1 saturated carbocycles. The Labute approximate surface area is 554 Å². The van der Waals surface area contributed by atoms with Crippen molar-refractivity contribution in [3.05, 3.63) is 383 Å². The van der Waals surface area contributed by atoms with E-state index in [1.54, 1.807) is 0 Å². The molecule has 15 aromatic carbocycles. The molecule has 2 heteroatoms. The van der Waals surface area contributed by atoms with Gasteiger partial charge < -0.3 is 9.80 Å². The van der Waals surface area contributed by atoms with E-state index in [0.717, 1.165) is 11.4 Å². The molecule has 21 rings (SSSR count). The number of benzene rings is 15. The Bertz CT molecular complexity index is 5380. The molecule has 95 heavy (non-hydrogen) atoms. The molecular weight excluding hydrogens is 1150 g/mol. The van der Waals surface area contributed by atoms with E-state index in [1.807, 2.05) is 0 Å². The molecule has 0 aromatic heterocycles. The first kappa shape index (κ1) is 53.0. The largest absolute Gasteiger partial charge is 0.310 e. The fourth-order valence-corrected chi connectivity index (χ4v) is 19.6. The van der Waals surface area contributed by atoms with Crippen molar-refractivity contribution in [1.29, 1.82) is 0 Å². The summed E-state index contributed by atoms with van der Waals surface area (Å²) < 4.78 is 0. The van der Waals surface area contributed by atoms with Crippen LogP contribution in [0.15, 0.2) is 328 Å². The SMILES string of the molecule is c1ccc(N2c3ccccc3C3(c4ccccc4-c4c(-c5cccc6c(-c7cccc8c7-c7ccccc7C87CCCC7)c7cccc(-c8cccc9c8-c8ccccc8C98c9ccccc9N(c9ccccc9)c9ccccc98)c7cc56)cccc43)c3ccccc32)cc1. The van der Waals surface area contributed by atoms with Gasteiger partial charge in [0.25, 0.3) is 0 Å². The van der Waals surface area contributed by atoms with Crippen LogP contribution in [0.5, 0.6) is 0 Å². The Hall–Kier alpha value is -11.6. The van der Waals surface area contributed by atoms with Crippen LogP contribution in [0.3, 0.4) is 0 Å². The molecule has 15 aromatic rings. The number of para-hydroxylation sites is 6. The van der Waals surface area contributed by atoms with Crippen molar-refractivity contribution in [2.24, 2.45) is 0 Å². The second-order valence-electron chi connectivity index (χ2n) is 27.1. The van der Waals surface area contributed by atoms with Gasteiger partial charge in [0.05, 0.1) is 33.6 Å². The zero-order chi connectivity index (χ0) is 62.1. The van der Waals surface area contributed by atoms with Crippen LogP contribution >= 0.6 is 0 Å². The van der Waals surface area contributed by atoms with Crippen molar-refractivity contribution in [2.45, 2.75) is 41.9 Å². The van der Waals surface area contributed by atoms with Crippen molar-refractivity contribution in [3.8, 4) is 66.8 Å². The maximum absolute atomic E-state index is 2.60. The summed E-state index contributed by atoms with van der Waals surface area (Å²) in [6.45, 7) is 0. The Balaban J connectivity index is 0.858. The minimum absolute atomic E-state index is 0.00346. The lowest BCUT2D eigenvalue weighted by Crippen LogP contribution is -2.36. The van der Waals surface area contributed by atoms with Crippen LogP contribution in [0, 0.1) is 0 Å². The highest BCUT2D eigenvalue weighted by molar-refractivity contribution is 6.22. The molecule has 3 spiro atoms. The van der Waals surface area contributed by atoms with E-state index in [9.17, 15) is 0 Å². The van der Waals surface area contributed by atoms with Gasteiger partial charge in [-0.2, -0.15) is 0 Å². The number of nitrogens with zero attached hydrogens (tertiary/aromatic N) is 2. The molecule has 0 radical (unpaired) electrons. The Morgan fingerprint density at radius 2 is 0.505 bits per heavy atom. The van der Waals surface area contributed by atoms with E-state index < -0.39 is 10.8 Å². The van der Waals surface area contributed by atoms with E-state index in [1.165, 1.54) is 192 Å². The maximum Gasteiger partial charge on any atom is 0.0754 e. The van der Waals surface area contributed by atoms with Crippen molar-refractivity contribution in [1.82, 2.24) is 0 Å². The fourth-order valence-electron chi connectivity index (χ4n) is 19.6. The summed E-state index contributed by atoms with van der Waals surface area (Å²) in [5.41, 5.74) is 34.7. The molecular formula is C93H62N2. The molecule has 0 amide bonds. The van der Waals surface area contributed by atoms with Crippen LogP contribution in [0.1, 0.15) is 81.3 Å². The van der Waals surface area contributed by atoms with Crippen molar-refractivity contribution in [3.63, 3.8) is 0 Å². The quantitative estimate of drug-likeness (QED) is 0.159. The molecule has 6 aliphatic rings. The Kier molecular flexibility index (Phi) is 11.0. The van der Waals surface area contributed by atoms with Gasteiger partial charge in [0.15, 0.2) is 0 Å². The predicted molar refractivity (Wildman–Crippen MR) is 394 cm³/mol. The van der Waals surface area contributed by atoms with Gasteiger partial charge in [0, 0.05) is 16.8 Å². The lowest BCUT2D eigenvalue weighted by Gasteiger charge is -2.45. The number of fused-ring (bicyclic) bond motifs is 25. The Morgan fingerprint density at radius 3 is 0.947 bits per heavy atom. The van der Waals surface area contributed by atoms with Crippen LogP contribution in [-0.4, -0.2) is 0 Å². The molecule has 2 aliphatic heterocycles. The van der Waals surface area contributed by atoms with Crippen molar-refractivity contribution < 1.29 is 0 Å². The van der Waals surface area contributed by atoms with Gasteiger partial charge in [-0.3, -0.25) is 0 Å². The van der Waals surface area contributed by atoms with Gasteiger partial charge in [-0.25, -0.2) is 0 Å². The second-order valence-corrected chi connectivity index (χ2v) is 27.1. The van der Waals surface area contributed by atoms with Gasteiger partial charge in [0.2, 0.25) is 0 Å². The number of hydrogen-bond acceptors (Lipinski definition) is 2. The summed E-state index contributed by atoms with van der Waals surface area (Å²) in [6.07, 6.45) is 4.83. The summed E-state index contributed by atoms with van der Waals surface area (Å²) >= 11 is 0. The Morgan fingerprint density at radius 1 is 0.200 bits per heavy atom. The molecule has 0 unspecified atom stereocenters. The van der Waals surface area contributed by atoms with Crippen LogP contribution in [0.25, 0.3) is 88.3 Å². The molecule has 2 heterocycles. The van der Waals surface area contributed by atoms with Gasteiger partial charge in [-0.05, 0) is 211 Å². The van der Waals surface area contributed by atoms with Crippen LogP contribution in [0.4, 0.5) is 34.1 Å². The smallest absolute Gasteiger partial charge is 0.0754 e. The lowest BCUT2D eigenvalue weighted by molar-refractivity contribution is 0.550. The summed E-state index contributed by atoms with van der Waals surface area (Å²) in [5.74, 6) is 0. The normalized spacial score (nSPS) is 15.4.